The van der Waals surface area contributed by atoms with Crippen LogP contribution in [-0.4, -0.2) is 18.7 Å². The van der Waals surface area contributed by atoms with Crippen LogP contribution in [0.1, 0.15) is 39.7 Å². The molecule has 1 aromatic carbocycles. The zero-order chi connectivity index (χ0) is 14.3. The molecule has 1 aromatic rings. The van der Waals surface area contributed by atoms with Crippen LogP contribution in [0.15, 0.2) is 30.3 Å². The van der Waals surface area contributed by atoms with Crippen LogP contribution in [0.2, 0.25) is 0 Å². The van der Waals surface area contributed by atoms with Crippen molar-refractivity contribution in [1.29, 1.82) is 0 Å². The number of hydrogen-bond acceptors (Lipinski definition) is 3. The van der Waals surface area contributed by atoms with Crippen LogP contribution in [0.25, 0.3) is 0 Å². The monoisotopic (exact) mass is 264 g/mol. The van der Waals surface area contributed by atoms with Crippen molar-refractivity contribution in [2.75, 3.05) is 6.61 Å². The van der Waals surface area contributed by atoms with Crippen LogP contribution in [0, 0.1) is 5.41 Å². The Morgan fingerprint density at radius 2 is 1.84 bits per heavy atom. The largest absolute Gasteiger partial charge is 0.463 e. The topological polar surface area (TPSA) is 35.5 Å². The second kappa shape index (κ2) is 7.29. The zero-order valence-corrected chi connectivity index (χ0v) is 12.3. The second-order valence-electron chi connectivity index (χ2n) is 5.63. The third-order valence-corrected chi connectivity index (χ3v) is 2.88. The molecule has 3 heteroatoms. The Morgan fingerprint density at radius 1 is 1.21 bits per heavy atom. The summed E-state index contributed by atoms with van der Waals surface area (Å²) in [6.45, 7) is 8.64. The first kappa shape index (κ1) is 15.7. The molecule has 0 N–H and O–H groups in total. The summed E-state index contributed by atoms with van der Waals surface area (Å²) in [5, 5.41) is 0. The summed E-state index contributed by atoms with van der Waals surface area (Å²) in [7, 11) is 0. The summed E-state index contributed by atoms with van der Waals surface area (Å²) in [6, 6.07) is 10.0. The van der Waals surface area contributed by atoms with Crippen LogP contribution in [-0.2, 0) is 20.9 Å². The molecule has 3 nitrogen and oxygen atoms in total. The molecule has 0 radical (unpaired) electrons. The van der Waals surface area contributed by atoms with E-state index in [1.165, 1.54) is 0 Å². The van der Waals surface area contributed by atoms with E-state index in [0.29, 0.717) is 19.6 Å². The molecule has 0 spiro atoms. The highest BCUT2D eigenvalue weighted by Gasteiger charge is 2.29. The van der Waals surface area contributed by atoms with E-state index in [1.807, 2.05) is 58.0 Å². The minimum absolute atomic E-state index is 0.0722. The first-order valence-electron chi connectivity index (χ1n) is 6.74. The number of carbonyl (C=O) groups is 1. The maximum Gasteiger partial charge on any atom is 0.311 e. The maximum atomic E-state index is 11.9. The predicted octanol–water partition coefficient (Wildman–Crippen LogP) is 3.57. The number of rotatable bonds is 7. The van der Waals surface area contributed by atoms with Crippen molar-refractivity contribution in [1.82, 2.24) is 0 Å². The normalized spacial score (nSPS) is 11.6. The van der Waals surface area contributed by atoms with Crippen molar-refractivity contribution in [2.45, 2.75) is 46.8 Å². The molecule has 0 saturated heterocycles. The average molecular weight is 264 g/mol. The third-order valence-electron chi connectivity index (χ3n) is 2.88. The summed E-state index contributed by atoms with van der Waals surface area (Å²) in [5.41, 5.74) is 0.645. The van der Waals surface area contributed by atoms with E-state index >= 15 is 0 Å². The van der Waals surface area contributed by atoms with Gasteiger partial charge in [-0.25, -0.2) is 0 Å². The zero-order valence-electron chi connectivity index (χ0n) is 12.3. The van der Waals surface area contributed by atoms with Gasteiger partial charge in [-0.2, -0.15) is 0 Å². The van der Waals surface area contributed by atoms with E-state index in [1.54, 1.807) is 0 Å². The van der Waals surface area contributed by atoms with Gasteiger partial charge in [0, 0.05) is 6.61 Å². The molecule has 0 aromatic heterocycles. The smallest absolute Gasteiger partial charge is 0.311 e. The number of esters is 1. The van der Waals surface area contributed by atoms with Crippen LogP contribution in [0.4, 0.5) is 0 Å². The van der Waals surface area contributed by atoms with Gasteiger partial charge in [0.05, 0.1) is 18.1 Å². The number of hydrogen-bond donors (Lipinski definition) is 0. The van der Waals surface area contributed by atoms with E-state index in [9.17, 15) is 4.79 Å². The van der Waals surface area contributed by atoms with Crippen molar-refractivity contribution >= 4 is 5.97 Å². The van der Waals surface area contributed by atoms with Crippen molar-refractivity contribution < 1.29 is 14.3 Å². The minimum atomic E-state index is -0.499. The molecule has 106 valence electrons. The fourth-order valence-corrected chi connectivity index (χ4v) is 1.57. The van der Waals surface area contributed by atoms with Gasteiger partial charge in [0.2, 0.25) is 0 Å². The summed E-state index contributed by atoms with van der Waals surface area (Å²) in [6.07, 6.45) is 0.586. The van der Waals surface area contributed by atoms with Crippen LogP contribution in [0.3, 0.4) is 0 Å². The summed E-state index contributed by atoms with van der Waals surface area (Å²) in [5.74, 6) is -0.161. The lowest BCUT2D eigenvalue weighted by molar-refractivity contribution is -0.159. The van der Waals surface area contributed by atoms with Gasteiger partial charge in [0.1, 0.15) is 0 Å². The van der Waals surface area contributed by atoms with Gasteiger partial charge in [-0.3, -0.25) is 4.79 Å². The summed E-state index contributed by atoms with van der Waals surface area (Å²) >= 11 is 0. The summed E-state index contributed by atoms with van der Waals surface area (Å²) in [4.78, 5) is 11.9. The Morgan fingerprint density at radius 3 is 2.42 bits per heavy atom. The molecular formula is C16H24O3. The third kappa shape index (κ3) is 5.88. The Labute approximate surface area is 115 Å². The average Bonchev–Trinajstić information content (AvgIpc) is 2.35. The Hall–Kier alpha value is -1.35. The number of benzene rings is 1. The van der Waals surface area contributed by atoms with E-state index < -0.39 is 5.41 Å². The lowest BCUT2D eigenvalue weighted by Crippen LogP contribution is -2.30. The molecule has 0 amide bonds. The van der Waals surface area contributed by atoms with Gasteiger partial charge in [-0.15, -0.1) is 0 Å². The van der Waals surface area contributed by atoms with Gasteiger partial charge in [0.25, 0.3) is 0 Å². The highest BCUT2D eigenvalue weighted by Crippen LogP contribution is 2.23. The highest BCUT2D eigenvalue weighted by molar-refractivity contribution is 5.76. The first-order valence-corrected chi connectivity index (χ1v) is 6.74. The van der Waals surface area contributed by atoms with Gasteiger partial charge in [0.15, 0.2) is 0 Å². The molecule has 1 rings (SSSR count). The van der Waals surface area contributed by atoms with E-state index in [4.69, 9.17) is 9.47 Å². The molecule has 0 saturated carbocycles. The van der Waals surface area contributed by atoms with E-state index in [2.05, 4.69) is 0 Å². The Bertz CT molecular complexity index is 382. The van der Waals surface area contributed by atoms with Crippen molar-refractivity contribution in [3.8, 4) is 0 Å². The molecule has 19 heavy (non-hydrogen) atoms. The SMILES string of the molecule is CC(C)OC(=O)C(C)(C)CCOCc1ccccc1. The minimum Gasteiger partial charge on any atom is -0.463 e. The molecule has 0 bridgehead atoms. The molecule has 0 aliphatic rings. The molecule has 0 fully saturated rings. The first-order chi connectivity index (χ1) is 8.92. The molecule has 0 heterocycles. The Balaban J connectivity index is 2.29. The number of carbonyl (C=O) groups excluding carboxylic acids is 1. The standard InChI is InChI=1S/C16H24O3/c1-13(2)19-15(17)16(3,4)10-11-18-12-14-8-6-5-7-9-14/h5-9,13H,10-12H2,1-4H3. The molecule has 0 unspecified atom stereocenters. The van der Waals surface area contributed by atoms with Gasteiger partial charge in [-0.1, -0.05) is 30.3 Å². The van der Waals surface area contributed by atoms with Crippen LogP contribution < -0.4 is 0 Å². The maximum absolute atomic E-state index is 11.9. The van der Waals surface area contributed by atoms with Gasteiger partial charge in [-0.05, 0) is 39.7 Å². The molecule has 0 atom stereocenters. The van der Waals surface area contributed by atoms with Crippen LogP contribution in [0.5, 0.6) is 0 Å². The van der Waals surface area contributed by atoms with E-state index in [0.717, 1.165) is 5.56 Å². The Kier molecular flexibility index (Phi) is 6.03. The summed E-state index contributed by atoms with van der Waals surface area (Å²) < 4.78 is 10.8. The van der Waals surface area contributed by atoms with E-state index in [-0.39, 0.29) is 12.1 Å². The van der Waals surface area contributed by atoms with Crippen LogP contribution >= 0.6 is 0 Å². The fourth-order valence-electron chi connectivity index (χ4n) is 1.57. The molecule has 0 aliphatic carbocycles. The lowest BCUT2D eigenvalue weighted by Gasteiger charge is -2.23. The molecular weight excluding hydrogens is 240 g/mol. The van der Waals surface area contributed by atoms with Crippen molar-refractivity contribution in [3.63, 3.8) is 0 Å². The predicted molar refractivity (Wildman–Crippen MR) is 75.7 cm³/mol. The van der Waals surface area contributed by atoms with Gasteiger partial charge < -0.3 is 9.47 Å². The van der Waals surface area contributed by atoms with Crippen molar-refractivity contribution in [2.24, 2.45) is 5.41 Å². The molecule has 0 aliphatic heterocycles. The highest BCUT2D eigenvalue weighted by atomic mass is 16.5. The van der Waals surface area contributed by atoms with Gasteiger partial charge >= 0.3 is 5.97 Å². The lowest BCUT2D eigenvalue weighted by atomic mass is 9.90. The second-order valence-corrected chi connectivity index (χ2v) is 5.63. The number of ether oxygens (including phenoxy) is 2. The van der Waals surface area contributed by atoms with Crippen molar-refractivity contribution in [3.05, 3.63) is 35.9 Å². The quantitative estimate of drug-likeness (QED) is 0.558. The fraction of sp³-hybridized carbons (Fsp3) is 0.562.